The van der Waals surface area contributed by atoms with Crippen molar-refractivity contribution >= 4 is 0 Å². The molecule has 0 radical (unpaired) electrons. The molecular formula is C16H27N3O2. The molecule has 5 heteroatoms. The normalized spacial score (nSPS) is 16.9. The number of piperazine rings is 1. The molecule has 0 spiro atoms. The van der Waals surface area contributed by atoms with E-state index < -0.39 is 0 Å². The van der Waals surface area contributed by atoms with Crippen LogP contribution in [0.25, 0.3) is 0 Å². The average Bonchev–Trinajstić information content (AvgIpc) is 2.51. The molecule has 1 heterocycles. The van der Waals surface area contributed by atoms with E-state index in [4.69, 9.17) is 9.47 Å². The molecule has 1 N–H and O–H groups in total. The summed E-state index contributed by atoms with van der Waals surface area (Å²) in [6.07, 6.45) is 0. The predicted molar refractivity (Wildman–Crippen MR) is 85.2 cm³/mol. The third kappa shape index (κ3) is 4.88. The summed E-state index contributed by atoms with van der Waals surface area (Å²) in [5.41, 5.74) is 1.13. The Hall–Kier alpha value is -1.30. The molecular weight excluding hydrogens is 266 g/mol. The predicted octanol–water partition coefficient (Wildman–Crippen LogP) is 1.04. The second-order valence-electron chi connectivity index (χ2n) is 5.50. The molecule has 0 saturated carbocycles. The summed E-state index contributed by atoms with van der Waals surface area (Å²) in [5, 5.41) is 3.17. The van der Waals surface area contributed by atoms with Gasteiger partial charge in [0.1, 0.15) is 18.1 Å². The molecule has 1 saturated heterocycles. The van der Waals surface area contributed by atoms with Gasteiger partial charge in [0, 0.05) is 44.8 Å². The molecule has 2 rings (SSSR count). The van der Waals surface area contributed by atoms with E-state index in [1.54, 1.807) is 7.11 Å². The number of hydrogen-bond donors (Lipinski definition) is 1. The lowest BCUT2D eigenvalue weighted by Crippen LogP contribution is -2.45. The molecule has 1 aromatic carbocycles. The summed E-state index contributed by atoms with van der Waals surface area (Å²) in [6.45, 7) is 7.05. The smallest absolute Gasteiger partial charge is 0.124 e. The van der Waals surface area contributed by atoms with Crippen molar-refractivity contribution in [3.63, 3.8) is 0 Å². The van der Waals surface area contributed by atoms with Crippen LogP contribution in [0.3, 0.4) is 0 Å². The van der Waals surface area contributed by atoms with Crippen LogP contribution in [0.15, 0.2) is 18.2 Å². The van der Waals surface area contributed by atoms with Crippen LogP contribution in [0, 0.1) is 0 Å². The van der Waals surface area contributed by atoms with Gasteiger partial charge in [-0.15, -0.1) is 0 Å². The SMILES string of the molecule is CNCc1cc(OC)ccc1OCCN1CCN(C)CC1. The molecule has 0 aliphatic carbocycles. The Morgan fingerprint density at radius 2 is 1.95 bits per heavy atom. The Balaban J connectivity index is 1.84. The van der Waals surface area contributed by atoms with Crippen LogP contribution in [0.4, 0.5) is 0 Å². The van der Waals surface area contributed by atoms with Crippen molar-refractivity contribution in [2.75, 3.05) is 60.5 Å². The van der Waals surface area contributed by atoms with Crippen LogP contribution < -0.4 is 14.8 Å². The number of rotatable bonds is 7. The third-order valence-corrected chi connectivity index (χ3v) is 3.90. The number of hydrogen-bond acceptors (Lipinski definition) is 5. The summed E-state index contributed by atoms with van der Waals surface area (Å²) in [5.74, 6) is 1.81. The third-order valence-electron chi connectivity index (χ3n) is 3.90. The molecule has 1 fully saturated rings. The monoisotopic (exact) mass is 293 g/mol. The number of benzene rings is 1. The van der Waals surface area contributed by atoms with Crippen molar-refractivity contribution in [2.24, 2.45) is 0 Å². The Morgan fingerprint density at radius 3 is 2.62 bits per heavy atom. The first kappa shape index (κ1) is 16.1. The van der Waals surface area contributed by atoms with Gasteiger partial charge in [-0.2, -0.15) is 0 Å². The minimum Gasteiger partial charge on any atom is -0.497 e. The van der Waals surface area contributed by atoms with Gasteiger partial charge < -0.3 is 19.7 Å². The van der Waals surface area contributed by atoms with Crippen LogP contribution in [0.1, 0.15) is 5.56 Å². The van der Waals surface area contributed by atoms with Gasteiger partial charge >= 0.3 is 0 Å². The molecule has 1 aliphatic rings. The van der Waals surface area contributed by atoms with E-state index in [0.29, 0.717) is 0 Å². The topological polar surface area (TPSA) is 37.0 Å². The minimum absolute atomic E-state index is 0.729. The molecule has 0 amide bonds. The maximum Gasteiger partial charge on any atom is 0.124 e. The highest BCUT2D eigenvalue weighted by atomic mass is 16.5. The van der Waals surface area contributed by atoms with Crippen LogP contribution in [0.5, 0.6) is 11.5 Å². The molecule has 0 atom stereocenters. The number of nitrogens with zero attached hydrogens (tertiary/aromatic N) is 2. The fourth-order valence-corrected chi connectivity index (χ4v) is 2.51. The van der Waals surface area contributed by atoms with Crippen LogP contribution in [-0.2, 0) is 6.54 Å². The molecule has 0 aromatic heterocycles. The van der Waals surface area contributed by atoms with Crippen molar-refractivity contribution < 1.29 is 9.47 Å². The fourth-order valence-electron chi connectivity index (χ4n) is 2.51. The second kappa shape index (κ2) is 8.22. The maximum atomic E-state index is 5.97. The van der Waals surface area contributed by atoms with Gasteiger partial charge in [-0.1, -0.05) is 0 Å². The van der Waals surface area contributed by atoms with Gasteiger partial charge in [-0.25, -0.2) is 0 Å². The van der Waals surface area contributed by atoms with Crippen LogP contribution in [0.2, 0.25) is 0 Å². The summed E-state index contributed by atoms with van der Waals surface area (Å²) < 4.78 is 11.2. The van der Waals surface area contributed by atoms with Gasteiger partial charge in [0.15, 0.2) is 0 Å². The van der Waals surface area contributed by atoms with E-state index in [1.165, 1.54) is 0 Å². The van der Waals surface area contributed by atoms with E-state index in [0.717, 1.165) is 62.9 Å². The van der Waals surface area contributed by atoms with Gasteiger partial charge in [-0.05, 0) is 32.3 Å². The lowest BCUT2D eigenvalue weighted by molar-refractivity contribution is 0.133. The summed E-state index contributed by atoms with van der Waals surface area (Å²) in [6, 6.07) is 5.97. The van der Waals surface area contributed by atoms with E-state index in [-0.39, 0.29) is 0 Å². The number of ether oxygens (including phenoxy) is 2. The first-order valence-corrected chi connectivity index (χ1v) is 7.58. The molecule has 0 unspecified atom stereocenters. The van der Waals surface area contributed by atoms with Gasteiger partial charge in [0.2, 0.25) is 0 Å². The number of nitrogens with one attached hydrogen (secondary N) is 1. The Morgan fingerprint density at radius 1 is 1.19 bits per heavy atom. The summed E-state index contributed by atoms with van der Waals surface area (Å²) in [4.78, 5) is 4.83. The molecule has 21 heavy (non-hydrogen) atoms. The molecule has 118 valence electrons. The zero-order valence-electron chi connectivity index (χ0n) is 13.4. The lowest BCUT2D eigenvalue weighted by Gasteiger charge is -2.32. The first-order chi connectivity index (χ1) is 10.2. The van der Waals surface area contributed by atoms with Crippen molar-refractivity contribution in [2.45, 2.75) is 6.54 Å². The van der Waals surface area contributed by atoms with E-state index in [1.807, 2.05) is 25.2 Å². The van der Waals surface area contributed by atoms with Crippen LogP contribution >= 0.6 is 0 Å². The largest absolute Gasteiger partial charge is 0.497 e. The molecule has 0 bridgehead atoms. The Kier molecular flexibility index (Phi) is 6.29. The van der Waals surface area contributed by atoms with Gasteiger partial charge in [0.05, 0.1) is 7.11 Å². The van der Waals surface area contributed by atoms with Crippen LogP contribution in [-0.4, -0.2) is 70.3 Å². The highest BCUT2D eigenvalue weighted by molar-refractivity contribution is 5.40. The first-order valence-electron chi connectivity index (χ1n) is 7.58. The highest BCUT2D eigenvalue weighted by Gasteiger charge is 2.13. The molecule has 1 aromatic rings. The fraction of sp³-hybridized carbons (Fsp3) is 0.625. The summed E-state index contributed by atoms with van der Waals surface area (Å²) in [7, 11) is 5.80. The molecule has 1 aliphatic heterocycles. The quantitative estimate of drug-likeness (QED) is 0.813. The van der Waals surface area contributed by atoms with E-state index >= 15 is 0 Å². The van der Waals surface area contributed by atoms with E-state index in [2.05, 4.69) is 22.2 Å². The van der Waals surface area contributed by atoms with Crippen molar-refractivity contribution in [3.8, 4) is 11.5 Å². The minimum atomic E-state index is 0.729. The number of likely N-dealkylation sites (N-methyl/N-ethyl adjacent to an activating group) is 1. The number of methoxy groups -OCH3 is 1. The van der Waals surface area contributed by atoms with E-state index in [9.17, 15) is 0 Å². The zero-order valence-corrected chi connectivity index (χ0v) is 13.4. The average molecular weight is 293 g/mol. The standard InChI is InChI=1S/C16H27N3O2/c1-17-13-14-12-15(20-3)4-5-16(14)21-11-10-19-8-6-18(2)7-9-19/h4-5,12,17H,6-11,13H2,1-3H3. The van der Waals surface area contributed by atoms with Crippen molar-refractivity contribution in [3.05, 3.63) is 23.8 Å². The Labute approximate surface area is 127 Å². The zero-order chi connectivity index (χ0) is 15.1. The molecule has 5 nitrogen and oxygen atoms in total. The van der Waals surface area contributed by atoms with Crippen molar-refractivity contribution in [1.82, 2.24) is 15.1 Å². The second-order valence-corrected chi connectivity index (χ2v) is 5.50. The van der Waals surface area contributed by atoms with Crippen molar-refractivity contribution in [1.29, 1.82) is 0 Å². The van der Waals surface area contributed by atoms with Gasteiger partial charge in [0.25, 0.3) is 0 Å². The summed E-state index contributed by atoms with van der Waals surface area (Å²) >= 11 is 0. The Bertz CT molecular complexity index is 432. The van der Waals surface area contributed by atoms with Gasteiger partial charge in [-0.3, -0.25) is 4.90 Å². The highest BCUT2D eigenvalue weighted by Crippen LogP contribution is 2.24. The lowest BCUT2D eigenvalue weighted by atomic mass is 10.2. The maximum absolute atomic E-state index is 5.97.